The van der Waals surface area contributed by atoms with Crippen LogP contribution in [0.5, 0.6) is 0 Å². The number of anilines is 1. The number of benzene rings is 1. The Balaban J connectivity index is 2.04. The number of esters is 1. The van der Waals surface area contributed by atoms with Crippen molar-refractivity contribution in [3.8, 4) is 0 Å². The van der Waals surface area contributed by atoms with Crippen molar-refractivity contribution in [2.45, 2.75) is 6.61 Å². The Morgan fingerprint density at radius 2 is 2.35 bits per heavy atom. The van der Waals surface area contributed by atoms with Crippen LogP contribution in [0.4, 0.5) is 10.1 Å². The van der Waals surface area contributed by atoms with E-state index in [1.165, 1.54) is 23.5 Å². The van der Waals surface area contributed by atoms with Gasteiger partial charge >= 0.3 is 5.97 Å². The molecule has 0 unspecified atom stereocenters. The molecule has 1 heterocycles. The molecule has 0 saturated heterocycles. The van der Waals surface area contributed by atoms with Gasteiger partial charge in [0.2, 0.25) is 0 Å². The second kappa shape index (κ2) is 4.92. The lowest BCUT2D eigenvalue weighted by Gasteiger charge is -2.05. The van der Waals surface area contributed by atoms with Gasteiger partial charge in [0.25, 0.3) is 0 Å². The van der Waals surface area contributed by atoms with Gasteiger partial charge in [-0.05, 0) is 18.2 Å². The number of ether oxygens (including phenoxy) is 1. The van der Waals surface area contributed by atoms with E-state index in [2.05, 4.69) is 4.98 Å². The van der Waals surface area contributed by atoms with E-state index in [-0.39, 0.29) is 17.9 Å². The third kappa shape index (κ3) is 2.79. The summed E-state index contributed by atoms with van der Waals surface area (Å²) in [6.07, 6.45) is 1.62. The van der Waals surface area contributed by atoms with E-state index in [4.69, 9.17) is 10.5 Å². The molecular weight excluding hydrogens is 243 g/mol. The van der Waals surface area contributed by atoms with Gasteiger partial charge in [0.1, 0.15) is 12.4 Å². The molecule has 6 heteroatoms. The molecule has 0 atom stereocenters. The van der Waals surface area contributed by atoms with Crippen LogP contribution < -0.4 is 5.73 Å². The molecule has 1 aromatic carbocycles. The zero-order valence-electron chi connectivity index (χ0n) is 8.72. The van der Waals surface area contributed by atoms with Gasteiger partial charge in [-0.1, -0.05) is 0 Å². The molecule has 0 fully saturated rings. The van der Waals surface area contributed by atoms with Gasteiger partial charge < -0.3 is 10.5 Å². The van der Waals surface area contributed by atoms with Crippen LogP contribution in [0.25, 0.3) is 0 Å². The molecule has 2 N–H and O–H groups in total. The first-order valence-electron chi connectivity index (χ1n) is 4.76. The number of nitrogens with zero attached hydrogens (tertiary/aromatic N) is 1. The number of nitrogens with two attached hydrogens (primary N) is 1. The van der Waals surface area contributed by atoms with Gasteiger partial charge in [-0.25, -0.2) is 9.18 Å². The molecule has 0 aliphatic heterocycles. The van der Waals surface area contributed by atoms with E-state index in [1.807, 2.05) is 0 Å². The first-order chi connectivity index (χ1) is 8.16. The van der Waals surface area contributed by atoms with Crippen LogP contribution in [0.1, 0.15) is 15.2 Å². The Labute approximate surface area is 101 Å². The van der Waals surface area contributed by atoms with Crippen LogP contribution in [-0.2, 0) is 11.3 Å². The first-order valence-corrected chi connectivity index (χ1v) is 5.64. The molecule has 17 heavy (non-hydrogen) atoms. The molecule has 2 rings (SSSR count). The van der Waals surface area contributed by atoms with Crippen molar-refractivity contribution in [2.75, 3.05) is 5.73 Å². The van der Waals surface area contributed by atoms with Gasteiger partial charge in [0.05, 0.1) is 16.0 Å². The maximum atomic E-state index is 12.8. The lowest BCUT2D eigenvalue weighted by Crippen LogP contribution is -2.08. The zero-order valence-corrected chi connectivity index (χ0v) is 9.54. The second-order valence-electron chi connectivity index (χ2n) is 3.28. The minimum Gasteiger partial charge on any atom is -0.456 e. The van der Waals surface area contributed by atoms with Crippen molar-refractivity contribution in [1.82, 2.24) is 4.98 Å². The highest BCUT2D eigenvalue weighted by atomic mass is 32.1. The van der Waals surface area contributed by atoms with Gasteiger partial charge in [0, 0.05) is 11.9 Å². The third-order valence-electron chi connectivity index (χ3n) is 2.06. The smallest absolute Gasteiger partial charge is 0.340 e. The Morgan fingerprint density at radius 1 is 1.53 bits per heavy atom. The normalized spacial score (nSPS) is 10.2. The molecule has 2 aromatic rings. The van der Waals surface area contributed by atoms with E-state index in [0.29, 0.717) is 0 Å². The number of thiazole rings is 1. The fourth-order valence-electron chi connectivity index (χ4n) is 1.25. The molecule has 0 bridgehead atoms. The molecule has 0 aliphatic rings. The number of carbonyl (C=O) groups excluding carboxylic acids is 1. The highest BCUT2D eigenvalue weighted by molar-refractivity contribution is 7.09. The van der Waals surface area contributed by atoms with Crippen LogP contribution in [0.3, 0.4) is 0 Å². The fourth-order valence-corrected chi connectivity index (χ4v) is 1.75. The van der Waals surface area contributed by atoms with E-state index >= 15 is 0 Å². The van der Waals surface area contributed by atoms with Crippen LogP contribution >= 0.6 is 11.3 Å². The third-order valence-corrected chi connectivity index (χ3v) is 2.82. The molecule has 88 valence electrons. The summed E-state index contributed by atoms with van der Waals surface area (Å²) in [4.78, 5) is 16.3. The van der Waals surface area contributed by atoms with E-state index in [9.17, 15) is 9.18 Å². The van der Waals surface area contributed by atoms with Crippen molar-refractivity contribution < 1.29 is 13.9 Å². The van der Waals surface area contributed by atoms with E-state index < -0.39 is 11.8 Å². The Morgan fingerprint density at radius 3 is 3.00 bits per heavy atom. The molecule has 0 radical (unpaired) electrons. The van der Waals surface area contributed by atoms with Crippen molar-refractivity contribution in [2.24, 2.45) is 0 Å². The number of halogens is 1. The van der Waals surface area contributed by atoms with Gasteiger partial charge in [-0.15, -0.1) is 11.3 Å². The maximum absolute atomic E-state index is 12.8. The summed E-state index contributed by atoms with van der Waals surface area (Å²) >= 11 is 1.39. The summed E-state index contributed by atoms with van der Waals surface area (Å²) in [5, 5.41) is 0. The average molecular weight is 252 g/mol. The van der Waals surface area contributed by atoms with Gasteiger partial charge in [-0.3, -0.25) is 4.98 Å². The van der Waals surface area contributed by atoms with E-state index in [1.54, 1.807) is 11.7 Å². The minimum absolute atomic E-state index is 0.0688. The average Bonchev–Trinajstić information content (AvgIpc) is 2.78. The predicted octanol–water partition coefficient (Wildman–Crippen LogP) is 2.22. The monoisotopic (exact) mass is 252 g/mol. The van der Waals surface area contributed by atoms with Crippen molar-refractivity contribution in [3.05, 3.63) is 46.2 Å². The van der Waals surface area contributed by atoms with Gasteiger partial charge in [0.15, 0.2) is 0 Å². The molecule has 0 amide bonds. The van der Waals surface area contributed by atoms with Crippen LogP contribution in [-0.4, -0.2) is 11.0 Å². The Bertz CT molecular complexity index is 528. The Kier molecular flexibility index (Phi) is 3.34. The predicted molar refractivity (Wildman–Crippen MR) is 62.0 cm³/mol. The van der Waals surface area contributed by atoms with Crippen molar-refractivity contribution >= 4 is 23.0 Å². The quantitative estimate of drug-likeness (QED) is 0.672. The topological polar surface area (TPSA) is 65.2 Å². The number of carbonyl (C=O) groups is 1. The van der Waals surface area contributed by atoms with Crippen LogP contribution in [0.2, 0.25) is 0 Å². The molecule has 0 aliphatic carbocycles. The maximum Gasteiger partial charge on any atom is 0.340 e. The standard InChI is InChI=1S/C11H9FN2O2S/c12-7-1-2-9(10(13)3-7)11(15)16-5-8-4-14-6-17-8/h1-4,6H,5,13H2. The largest absolute Gasteiger partial charge is 0.456 e. The highest BCUT2D eigenvalue weighted by Crippen LogP contribution is 2.16. The van der Waals surface area contributed by atoms with Crippen LogP contribution in [0, 0.1) is 5.82 Å². The lowest BCUT2D eigenvalue weighted by atomic mass is 10.2. The summed E-state index contributed by atoms with van der Waals surface area (Å²) in [6.45, 7) is 0.139. The highest BCUT2D eigenvalue weighted by Gasteiger charge is 2.12. The molecule has 0 spiro atoms. The van der Waals surface area contributed by atoms with Crippen molar-refractivity contribution in [3.63, 3.8) is 0 Å². The lowest BCUT2D eigenvalue weighted by molar-refractivity contribution is 0.0478. The fraction of sp³-hybridized carbons (Fsp3) is 0.0909. The zero-order chi connectivity index (χ0) is 12.3. The summed E-state index contributed by atoms with van der Waals surface area (Å²) < 4.78 is 17.8. The molecular formula is C11H9FN2O2S. The first kappa shape index (κ1) is 11.5. The number of hydrogen-bond donors (Lipinski definition) is 1. The number of nitrogen functional groups attached to an aromatic ring is 1. The number of hydrogen-bond acceptors (Lipinski definition) is 5. The summed E-state index contributed by atoms with van der Waals surface area (Å²) in [7, 11) is 0. The summed E-state index contributed by atoms with van der Waals surface area (Å²) in [5.41, 5.74) is 7.40. The summed E-state index contributed by atoms with van der Waals surface area (Å²) in [5.74, 6) is -1.06. The SMILES string of the molecule is Nc1cc(F)ccc1C(=O)OCc1cncs1. The van der Waals surface area contributed by atoms with E-state index in [0.717, 1.165) is 10.9 Å². The second-order valence-corrected chi connectivity index (χ2v) is 4.25. The number of rotatable bonds is 3. The van der Waals surface area contributed by atoms with Crippen molar-refractivity contribution in [1.29, 1.82) is 0 Å². The number of aromatic nitrogens is 1. The minimum atomic E-state index is -0.573. The summed E-state index contributed by atoms with van der Waals surface area (Å²) in [6, 6.07) is 3.56. The van der Waals surface area contributed by atoms with Crippen LogP contribution in [0.15, 0.2) is 29.9 Å². The van der Waals surface area contributed by atoms with Gasteiger partial charge in [-0.2, -0.15) is 0 Å². The molecule has 0 saturated carbocycles. The molecule has 4 nitrogen and oxygen atoms in total. The molecule has 1 aromatic heterocycles. The Hall–Kier alpha value is -1.95.